The Labute approximate surface area is 160 Å². The first-order valence-corrected chi connectivity index (χ1v) is 10.7. The number of thioether (sulfide) groups is 2. The molecule has 4 heteroatoms. The molecule has 2 nitrogen and oxygen atoms in total. The maximum absolute atomic E-state index is 12.1. The van der Waals surface area contributed by atoms with Crippen LogP contribution in [0.25, 0.3) is 0 Å². The number of amides is 1. The lowest BCUT2D eigenvalue weighted by atomic mass is 10.0. The molecule has 134 valence electrons. The lowest BCUT2D eigenvalue weighted by Crippen LogP contribution is -2.27. The van der Waals surface area contributed by atoms with Crippen molar-refractivity contribution in [3.05, 3.63) is 64.2 Å². The van der Waals surface area contributed by atoms with Crippen molar-refractivity contribution in [2.75, 3.05) is 18.1 Å². The van der Waals surface area contributed by atoms with Gasteiger partial charge in [-0.05, 0) is 55.5 Å². The van der Waals surface area contributed by atoms with Crippen LogP contribution in [-0.2, 0) is 10.5 Å². The topological polar surface area (TPSA) is 29.1 Å². The van der Waals surface area contributed by atoms with Gasteiger partial charge in [0.25, 0.3) is 0 Å². The summed E-state index contributed by atoms with van der Waals surface area (Å²) < 4.78 is 0. The second-order valence-electron chi connectivity index (χ2n) is 6.27. The van der Waals surface area contributed by atoms with Crippen LogP contribution in [0.15, 0.2) is 41.3 Å². The molecule has 0 saturated carbocycles. The molecule has 0 bridgehead atoms. The monoisotopic (exact) mass is 373 g/mol. The van der Waals surface area contributed by atoms with E-state index >= 15 is 0 Å². The number of benzene rings is 2. The van der Waals surface area contributed by atoms with Crippen molar-refractivity contribution in [2.24, 2.45) is 0 Å². The highest BCUT2D eigenvalue weighted by Gasteiger charge is 2.11. The number of aryl methyl sites for hydroxylation is 2. The number of hydrogen-bond acceptors (Lipinski definition) is 3. The minimum Gasteiger partial charge on any atom is -0.355 e. The molecule has 25 heavy (non-hydrogen) atoms. The van der Waals surface area contributed by atoms with Crippen molar-refractivity contribution in [1.29, 1.82) is 0 Å². The highest BCUT2D eigenvalue weighted by molar-refractivity contribution is 8.00. The van der Waals surface area contributed by atoms with Crippen LogP contribution in [0.4, 0.5) is 0 Å². The lowest BCUT2D eigenvalue weighted by Gasteiger charge is -2.14. The second kappa shape index (κ2) is 9.93. The van der Waals surface area contributed by atoms with Crippen LogP contribution in [0.1, 0.15) is 27.8 Å². The summed E-state index contributed by atoms with van der Waals surface area (Å²) in [5.41, 5.74) is 6.50. The number of rotatable bonds is 8. The van der Waals surface area contributed by atoms with Crippen molar-refractivity contribution in [3.8, 4) is 0 Å². The Morgan fingerprint density at radius 1 is 1.00 bits per heavy atom. The minimum absolute atomic E-state index is 0.114. The van der Waals surface area contributed by atoms with Gasteiger partial charge in [-0.15, -0.1) is 11.8 Å². The Hall–Kier alpha value is -1.39. The standard InChI is InChI=1S/C21H27NOS2/c1-15-12-16(2)18(4)21(17(15)3)25-14-20(23)22-10-11-24-13-19-8-6-5-7-9-19/h5-9,12H,10-11,13-14H2,1-4H3,(H,22,23). The average molecular weight is 374 g/mol. The largest absolute Gasteiger partial charge is 0.355 e. The van der Waals surface area contributed by atoms with Crippen LogP contribution < -0.4 is 5.32 Å². The highest BCUT2D eigenvalue weighted by atomic mass is 32.2. The van der Waals surface area contributed by atoms with Crippen molar-refractivity contribution < 1.29 is 4.79 Å². The van der Waals surface area contributed by atoms with Crippen LogP contribution in [0.5, 0.6) is 0 Å². The van der Waals surface area contributed by atoms with Crippen LogP contribution in [0.3, 0.4) is 0 Å². The number of carbonyl (C=O) groups excluding carboxylic acids is 1. The van der Waals surface area contributed by atoms with Gasteiger partial charge < -0.3 is 5.32 Å². The van der Waals surface area contributed by atoms with Gasteiger partial charge in [0.05, 0.1) is 5.75 Å². The molecule has 0 atom stereocenters. The van der Waals surface area contributed by atoms with Gasteiger partial charge in [-0.2, -0.15) is 11.8 Å². The van der Waals surface area contributed by atoms with E-state index in [4.69, 9.17) is 0 Å². The van der Waals surface area contributed by atoms with Crippen molar-refractivity contribution >= 4 is 29.4 Å². The maximum atomic E-state index is 12.1. The normalized spacial score (nSPS) is 10.7. The number of carbonyl (C=O) groups is 1. The van der Waals surface area contributed by atoms with E-state index in [9.17, 15) is 4.79 Å². The molecule has 0 fully saturated rings. The Morgan fingerprint density at radius 3 is 2.28 bits per heavy atom. The summed E-state index contributed by atoms with van der Waals surface area (Å²) in [7, 11) is 0. The first kappa shape index (κ1) is 19.9. The van der Waals surface area contributed by atoms with Crippen molar-refractivity contribution in [2.45, 2.75) is 38.3 Å². The minimum atomic E-state index is 0.114. The molecule has 0 radical (unpaired) electrons. The molecule has 1 N–H and O–H groups in total. The summed E-state index contributed by atoms with van der Waals surface area (Å²) in [6, 6.07) is 12.6. The van der Waals surface area contributed by atoms with Gasteiger partial charge in [-0.1, -0.05) is 36.4 Å². The Bertz CT molecular complexity index is 687. The lowest BCUT2D eigenvalue weighted by molar-refractivity contribution is -0.118. The van der Waals surface area contributed by atoms with Crippen LogP contribution in [-0.4, -0.2) is 24.0 Å². The van der Waals surface area contributed by atoms with Gasteiger partial charge in [-0.3, -0.25) is 4.79 Å². The molecule has 0 aliphatic heterocycles. The summed E-state index contributed by atoms with van der Waals surface area (Å²) >= 11 is 3.50. The first-order valence-electron chi connectivity index (χ1n) is 8.57. The SMILES string of the molecule is Cc1cc(C)c(C)c(SCC(=O)NCCSCc2ccccc2)c1C. The Kier molecular flexibility index (Phi) is 7.91. The molecule has 2 rings (SSSR count). The maximum Gasteiger partial charge on any atom is 0.230 e. The van der Waals surface area contributed by atoms with Gasteiger partial charge in [0.1, 0.15) is 0 Å². The van der Waals surface area contributed by atoms with Gasteiger partial charge >= 0.3 is 0 Å². The molecule has 0 spiro atoms. The predicted molar refractivity (Wildman–Crippen MR) is 112 cm³/mol. The molecule has 0 heterocycles. The molecule has 0 aliphatic carbocycles. The molecule has 1 amide bonds. The van der Waals surface area contributed by atoms with Gasteiger partial charge in [0.15, 0.2) is 0 Å². The van der Waals surface area contributed by atoms with E-state index in [1.807, 2.05) is 17.8 Å². The quantitative estimate of drug-likeness (QED) is 0.518. The van der Waals surface area contributed by atoms with Gasteiger partial charge in [-0.25, -0.2) is 0 Å². The molecule has 0 unspecified atom stereocenters. The van der Waals surface area contributed by atoms with Crippen LogP contribution in [0, 0.1) is 27.7 Å². The van der Waals surface area contributed by atoms with E-state index in [2.05, 4.69) is 63.3 Å². The molecular formula is C21H27NOS2. The molecule has 0 aliphatic rings. The van der Waals surface area contributed by atoms with E-state index < -0.39 is 0 Å². The number of hydrogen-bond donors (Lipinski definition) is 1. The molecule has 0 aromatic heterocycles. The number of nitrogens with one attached hydrogen (secondary N) is 1. The Balaban J connectivity index is 1.71. The van der Waals surface area contributed by atoms with Gasteiger partial charge in [0.2, 0.25) is 5.91 Å². The fourth-order valence-electron chi connectivity index (χ4n) is 2.61. The highest BCUT2D eigenvalue weighted by Crippen LogP contribution is 2.30. The van der Waals surface area contributed by atoms with Crippen molar-refractivity contribution in [3.63, 3.8) is 0 Å². The molecular weight excluding hydrogens is 346 g/mol. The zero-order valence-corrected chi connectivity index (χ0v) is 17.2. The molecule has 0 saturated heterocycles. The fourth-order valence-corrected chi connectivity index (χ4v) is 4.56. The van der Waals surface area contributed by atoms with E-state index in [0.717, 1.165) is 18.1 Å². The summed E-state index contributed by atoms with van der Waals surface area (Å²) in [5.74, 6) is 2.52. The van der Waals surface area contributed by atoms with E-state index in [1.54, 1.807) is 11.8 Å². The van der Waals surface area contributed by atoms with Crippen LogP contribution >= 0.6 is 23.5 Å². The zero-order valence-electron chi connectivity index (χ0n) is 15.5. The predicted octanol–water partition coefficient (Wildman–Crippen LogP) is 5.06. The summed E-state index contributed by atoms with van der Waals surface area (Å²) in [6.45, 7) is 9.28. The zero-order chi connectivity index (χ0) is 18.2. The smallest absolute Gasteiger partial charge is 0.230 e. The fraction of sp³-hybridized carbons (Fsp3) is 0.381. The summed E-state index contributed by atoms with van der Waals surface area (Å²) in [5, 5.41) is 3.03. The van der Waals surface area contributed by atoms with Gasteiger partial charge in [0, 0.05) is 22.9 Å². The van der Waals surface area contributed by atoms with Crippen LogP contribution in [0.2, 0.25) is 0 Å². The third-order valence-electron chi connectivity index (χ3n) is 4.32. The van der Waals surface area contributed by atoms with E-state index in [0.29, 0.717) is 5.75 Å². The third kappa shape index (κ3) is 6.12. The Morgan fingerprint density at radius 2 is 1.64 bits per heavy atom. The third-order valence-corrected chi connectivity index (χ3v) is 6.66. The summed E-state index contributed by atoms with van der Waals surface area (Å²) in [4.78, 5) is 13.4. The van der Waals surface area contributed by atoms with E-state index in [1.165, 1.54) is 32.7 Å². The van der Waals surface area contributed by atoms with E-state index in [-0.39, 0.29) is 5.91 Å². The van der Waals surface area contributed by atoms with Crippen molar-refractivity contribution in [1.82, 2.24) is 5.32 Å². The average Bonchev–Trinajstić information content (AvgIpc) is 2.60. The summed E-state index contributed by atoms with van der Waals surface area (Å²) in [6.07, 6.45) is 0. The molecule has 2 aromatic carbocycles. The molecule has 2 aromatic rings. The first-order chi connectivity index (χ1) is 12.0. The second-order valence-corrected chi connectivity index (χ2v) is 8.36.